The number of rotatable bonds is 2. The van der Waals surface area contributed by atoms with Gasteiger partial charge in [0.1, 0.15) is 0 Å². The minimum absolute atomic E-state index is 0.00728. The number of phenols is 1. The van der Waals surface area contributed by atoms with Crippen LogP contribution in [0.25, 0.3) is 0 Å². The maximum atomic E-state index is 9.39. The molecule has 1 rings (SSSR count). The van der Waals surface area contributed by atoms with Gasteiger partial charge in [0, 0.05) is 0 Å². The summed E-state index contributed by atoms with van der Waals surface area (Å²) < 4.78 is 5.29. The zero-order chi connectivity index (χ0) is 9.14. The van der Waals surface area contributed by atoms with Crippen LogP contribution in [-0.2, 0) is 0 Å². The van der Waals surface area contributed by atoms with E-state index in [1.165, 1.54) is 0 Å². The number of para-hydroxylation sites is 1. The van der Waals surface area contributed by atoms with E-state index in [0.29, 0.717) is 10.8 Å². The third-order valence-electron chi connectivity index (χ3n) is 1.31. The number of hydrogen-bond acceptors (Lipinski definition) is 2. The fraction of sp³-hybridized carbons (Fsp3) is 0.333. The molecule has 0 saturated heterocycles. The van der Waals surface area contributed by atoms with E-state index in [2.05, 4.69) is 0 Å². The highest BCUT2D eigenvalue weighted by Crippen LogP contribution is 2.33. The van der Waals surface area contributed by atoms with E-state index in [1.807, 2.05) is 13.8 Å². The molecule has 0 bridgehead atoms. The molecule has 0 fully saturated rings. The summed E-state index contributed by atoms with van der Waals surface area (Å²) in [4.78, 5) is 0. The molecule has 0 aliphatic rings. The zero-order valence-corrected chi connectivity index (χ0v) is 7.80. The second kappa shape index (κ2) is 3.68. The number of ether oxygens (including phenoxy) is 1. The maximum absolute atomic E-state index is 9.39. The van der Waals surface area contributed by atoms with Crippen molar-refractivity contribution in [3.05, 3.63) is 23.2 Å². The van der Waals surface area contributed by atoms with Crippen LogP contribution in [0.4, 0.5) is 0 Å². The zero-order valence-electron chi connectivity index (χ0n) is 7.04. The van der Waals surface area contributed by atoms with Crippen LogP contribution >= 0.6 is 11.6 Å². The minimum atomic E-state index is 0.00728. The third kappa shape index (κ3) is 2.05. The van der Waals surface area contributed by atoms with Gasteiger partial charge in [0.15, 0.2) is 11.5 Å². The first kappa shape index (κ1) is 9.20. The molecule has 1 N–H and O–H groups in total. The van der Waals surface area contributed by atoms with Crippen LogP contribution in [0.15, 0.2) is 18.2 Å². The number of hydrogen-bond donors (Lipinski definition) is 1. The van der Waals surface area contributed by atoms with E-state index in [0.717, 1.165) is 0 Å². The maximum Gasteiger partial charge on any atom is 0.176 e. The molecule has 3 heteroatoms. The Labute approximate surface area is 76.7 Å². The summed E-state index contributed by atoms with van der Waals surface area (Å²) in [5.74, 6) is 0.436. The fourth-order valence-electron chi connectivity index (χ4n) is 0.845. The average molecular weight is 187 g/mol. The van der Waals surface area contributed by atoms with E-state index < -0.39 is 0 Å². The Bertz CT molecular complexity index is 271. The number of aromatic hydroxyl groups is 1. The van der Waals surface area contributed by atoms with E-state index in [4.69, 9.17) is 16.3 Å². The molecule has 0 aliphatic heterocycles. The van der Waals surface area contributed by atoms with Crippen LogP contribution in [-0.4, -0.2) is 11.2 Å². The van der Waals surface area contributed by atoms with Crippen molar-refractivity contribution in [2.75, 3.05) is 0 Å². The van der Waals surface area contributed by atoms with Crippen molar-refractivity contribution in [2.45, 2.75) is 20.0 Å². The van der Waals surface area contributed by atoms with Crippen molar-refractivity contribution in [1.29, 1.82) is 0 Å². The molecule has 0 spiro atoms. The van der Waals surface area contributed by atoms with Crippen LogP contribution in [0.3, 0.4) is 0 Å². The van der Waals surface area contributed by atoms with E-state index >= 15 is 0 Å². The van der Waals surface area contributed by atoms with Crippen molar-refractivity contribution in [2.24, 2.45) is 0 Å². The molecule has 0 radical (unpaired) electrons. The van der Waals surface area contributed by atoms with Gasteiger partial charge in [-0.05, 0) is 26.0 Å². The summed E-state index contributed by atoms with van der Waals surface area (Å²) in [6, 6.07) is 5.03. The molecular formula is C9H11ClO2. The average Bonchev–Trinajstić information content (AvgIpc) is 1.98. The first-order chi connectivity index (χ1) is 5.61. The Morgan fingerprint density at radius 3 is 2.67 bits per heavy atom. The van der Waals surface area contributed by atoms with Gasteiger partial charge in [-0.2, -0.15) is 0 Å². The first-order valence-electron chi connectivity index (χ1n) is 3.75. The number of benzene rings is 1. The predicted octanol–water partition coefficient (Wildman–Crippen LogP) is 2.83. The first-order valence-corrected chi connectivity index (χ1v) is 4.13. The Kier molecular flexibility index (Phi) is 2.82. The highest BCUT2D eigenvalue weighted by Gasteiger charge is 2.06. The van der Waals surface area contributed by atoms with Crippen LogP contribution in [0.2, 0.25) is 5.02 Å². The molecule has 1 aromatic rings. The molecule has 1 aromatic carbocycles. The number of phenolic OH excluding ortho intramolecular Hbond substituents is 1. The van der Waals surface area contributed by atoms with Crippen molar-refractivity contribution in [3.8, 4) is 11.5 Å². The predicted molar refractivity (Wildman–Crippen MR) is 48.9 cm³/mol. The summed E-state index contributed by atoms with van der Waals surface area (Å²) in [6.07, 6.45) is 0.0365. The summed E-state index contributed by atoms with van der Waals surface area (Å²) in [7, 11) is 0. The van der Waals surface area contributed by atoms with Gasteiger partial charge in [0.05, 0.1) is 11.1 Å². The van der Waals surface area contributed by atoms with E-state index in [1.54, 1.807) is 18.2 Å². The van der Waals surface area contributed by atoms with Crippen LogP contribution in [0.5, 0.6) is 11.5 Å². The standard InChI is InChI=1S/C9H11ClO2/c1-6(2)12-8-5-3-4-7(10)9(8)11/h3-6,11H,1-2H3. The van der Waals surface area contributed by atoms with E-state index in [9.17, 15) is 5.11 Å². The Balaban J connectivity index is 2.92. The Hall–Kier alpha value is -0.890. The number of halogens is 1. The minimum Gasteiger partial charge on any atom is -0.503 e. The van der Waals surface area contributed by atoms with Crippen LogP contribution in [0.1, 0.15) is 13.8 Å². The molecule has 12 heavy (non-hydrogen) atoms. The van der Waals surface area contributed by atoms with Gasteiger partial charge in [0.25, 0.3) is 0 Å². The van der Waals surface area contributed by atoms with Crippen LogP contribution in [0, 0.1) is 0 Å². The fourth-order valence-corrected chi connectivity index (χ4v) is 1.01. The van der Waals surface area contributed by atoms with Gasteiger partial charge in [0.2, 0.25) is 0 Å². The molecule has 0 aromatic heterocycles. The highest BCUT2D eigenvalue weighted by atomic mass is 35.5. The van der Waals surface area contributed by atoms with Crippen LogP contribution < -0.4 is 4.74 Å². The quantitative estimate of drug-likeness (QED) is 0.770. The lowest BCUT2D eigenvalue weighted by molar-refractivity contribution is 0.232. The van der Waals surface area contributed by atoms with Gasteiger partial charge in [-0.1, -0.05) is 17.7 Å². The van der Waals surface area contributed by atoms with Gasteiger partial charge in [-0.3, -0.25) is 0 Å². The van der Waals surface area contributed by atoms with Crippen molar-refractivity contribution in [3.63, 3.8) is 0 Å². The van der Waals surface area contributed by atoms with Crippen molar-refractivity contribution >= 4 is 11.6 Å². The summed E-state index contributed by atoms with van der Waals surface area (Å²) in [5, 5.41) is 9.70. The monoisotopic (exact) mass is 186 g/mol. The summed E-state index contributed by atoms with van der Waals surface area (Å²) in [5.41, 5.74) is 0. The molecule has 66 valence electrons. The van der Waals surface area contributed by atoms with Gasteiger partial charge < -0.3 is 9.84 Å². The molecule has 0 amide bonds. The topological polar surface area (TPSA) is 29.5 Å². The molecule has 0 aliphatic carbocycles. The smallest absolute Gasteiger partial charge is 0.176 e. The molecule has 0 saturated carbocycles. The Morgan fingerprint density at radius 2 is 2.08 bits per heavy atom. The van der Waals surface area contributed by atoms with Crippen molar-refractivity contribution in [1.82, 2.24) is 0 Å². The molecule has 0 unspecified atom stereocenters. The second-order valence-electron chi connectivity index (χ2n) is 2.75. The lowest BCUT2D eigenvalue weighted by atomic mass is 10.3. The summed E-state index contributed by atoms with van der Waals surface area (Å²) >= 11 is 5.67. The molecular weight excluding hydrogens is 176 g/mol. The lowest BCUT2D eigenvalue weighted by Gasteiger charge is -2.11. The largest absolute Gasteiger partial charge is 0.503 e. The SMILES string of the molecule is CC(C)Oc1cccc(Cl)c1O. The van der Waals surface area contributed by atoms with Gasteiger partial charge in [-0.15, -0.1) is 0 Å². The van der Waals surface area contributed by atoms with Gasteiger partial charge >= 0.3 is 0 Å². The van der Waals surface area contributed by atoms with Gasteiger partial charge in [-0.25, -0.2) is 0 Å². The highest BCUT2D eigenvalue weighted by molar-refractivity contribution is 6.32. The molecule has 0 atom stereocenters. The Morgan fingerprint density at radius 1 is 1.42 bits per heavy atom. The molecule has 2 nitrogen and oxygen atoms in total. The third-order valence-corrected chi connectivity index (χ3v) is 1.62. The van der Waals surface area contributed by atoms with E-state index in [-0.39, 0.29) is 11.9 Å². The summed E-state index contributed by atoms with van der Waals surface area (Å²) in [6.45, 7) is 3.78. The lowest BCUT2D eigenvalue weighted by Crippen LogP contribution is -2.05. The molecule has 0 heterocycles. The normalized spacial score (nSPS) is 10.3. The second-order valence-corrected chi connectivity index (χ2v) is 3.16. The van der Waals surface area contributed by atoms with Crippen molar-refractivity contribution < 1.29 is 9.84 Å².